The van der Waals surface area contributed by atoms with E-state index in [1.165, 1.54) is 24.3 Å². The second kappa shape index (κ2) is 4.32. The predicted molar refractivity (Wildman–Crippen MR) is 49.4 cm³/mol. The van der Waals surface area contributed by atoms with Gasteiger partial charge in [0.2, 0.25) is 5.78 Å². The maximum atomic E-state index is 10.9. The summed E-state index contributed by atoms with van der Waals surface area (Å²) in [6.45, 7) is 0. The number of rotatable bonds is 4. The summed E-state index contributed by atoms with van der Waals surface area (Å²) in [6, 6.07) is 5.55. The van der Waals surface area contributed by atoms with Crippen LogP contribution in [-0.2, 0) is 16.0 Å². The smallest absolute Gasteiger partial charge is 0.372 e. The number of nitro groups is 1. The minimum absolute atomic E-state index is 0.106. The molecule has 0 bridgehead atoms. The van der Waals surface area contributed by atoms with E-state index in [9.17, 15) is 19.7 Å². The van der Waals surface area contributed by atoms with E-state index in [1.807, 2.05) is 0 Å². The summed E-state index contributed by atoms with van der Waals surface area (Å²) in [5, 5.41) is 18.9. The number of carboxylic acids is 1. The largest absolute Gasteiger partial charge is 0.475 e. The fourth-order valence-corrected chi connectivity index (χ4v) is 1.09. The van der Waals surface area contributed by atoms with Gasteiger partial charge in [-0.3, -0.25) is 14.9 Å². The van der Waals surface area contributed by atoms with Crippen molar-refractivity contribution in [1.29, 1.82) is 0 Å². The average Bonchev–Trinajstić information content (AvgIpc) is 2.18. The van der Waals surface area contributed by atoms with Crippen LogP contribution in [0.15, 0.2) is 24.3 Å². The van der Waals surface area contributed by atoms with Crippen LogP contribution in [0.4, 0.5) is 5.69 Å². The van der Waals surface area contributed by atoms with Crippen LogP contribution in [0.5, 0.6) is 0 Å². The molecular weight excluding hydrogens is 202 g/mol. The molecule has 0 spiro atoms. The van der Waals surface area contributed by atoms with Crippen molar-refractivity contribution in [2.45, 2.75) is 6.42 Å². The maximum Gasteiger partial charge on any atom is 0.372 e. The van der Waals surface area contributed by atoms with Crippen molar-refractivity contribution in [3.8, 4) is 0 Å². The molecule has 0 saturated heterocycles. The van der Waals surface area contributed by atoms with Gasteiger partial charge in [-0.25, -0.2) is 4.79 Å². The molecule has 0 aliphatic rings. The zero-order chi connectivity index (χ0) is 11.4. The third-order valence-corrected chi connectivity index (χ3v) is 1.78. The van der Waals surface area contributed by atoms with E-state index in [0.717, 1.165) is 0 Å². The van der Waals surface area contributed by atoms with Crippen molar-refractivity contribution in [3.63, 3.8) is 0 Å². The molecule has 0 amide bonds. The van der Waals surface area contributed by atoms with Crippen LogP contribution in [0, 0.1) is 10.1 Å². The van der Waals surface area contributed by atoms with Crippen molar-refractivity contribution in [3.05, 3.63) is 39.9 Å². The monoisotopic (exact) mass is 209 g/mol. The number of Topliss-reactive ketones (excluding diaryl/α,β-unsaturated/α-hetero) is 1. The van der Waals surface area contributed by atoms with Gasteiger partial charge in [0, 0.05) is 18.1 Å². The summed E-state index contributed by atoms with van der Waals surface area (Å²) in [5.74, 6) is -2.66. The van der Waals surface area contributed by atoms with Crippen LogP contribution in [0.2, 0.25) is 0 Å². The molecule has 6 heteroatoms. The minimum Gasteiger partial charge on any atom is -0.475 e. The normalized spacial score (nSPS) is 9.60. The van der Waals surface area contributed by atoms with Gasteiger partial charge in [0.15, 0.2) is 0 Å². The van der Waals surface area contributed by atoms with Crippen molar-refractivity contribution in [2.24, 2.45) is 0 Å². The SMILES string of the molecule is O=C(O)C(=O)Cc1ccccc1[N+](=O)[O-]. The molecule has 0 aromatic heterocycles. The number of nitrogens with zero attached hydrogens (tertiary/aromatic N) is 1. The van der Waals surface area contributed by atoms with Gasteiger partial charge in [0.05, 0.1) is 4.92 Å². The van der Waals surface area contributed by atoms with Crippen molar-refractivity contribution in [2.75, 3.05) is 0 Å². The van der Waals surface area contributed by atoms with Gasteiger partial charge < -0.3 is 5.11 Å². The molecule has 0 unspecified atom stereocenters. The summed E-state index contributed by atoms with van der Waals surface area (Å²) in [4.78, 5) is 31.0. The van der Waals surface area contributed by atoms with Gasteiger partial charge in [-0.1, -0.05) is 18.2 Å². The molecule has 0 aliphatic heterocycles. The molecule has 1 rings (SSSR count). The lowest BCUT2D eigenvalue weighted by molar-refractivity contribution is -0.385. The van der Waals surface area contributed by atoms with Gasteiger partial charge in [0.1, 0.15) is 0 Å². The highest BCUT2D eigenvalue weighted by Gasteiger charge is 2.19. The van der Waals surface area contributed by atoms with Crippen LogP contribution >= 0.6 is 0 Å². The van der Waals surface area contributed by atoms with Crippen molar-refractivity contribution >= 4 is 17.4 Å². The number of carbonyl (C=O) groups excluding carboxylic acids is 1. The molecule has 0 fully saturated rings. The Morgan fingerprint density at radius 3 is 2.47 bits per heavy atom. The number of carbonyl (C=O) groups is 2. The molecule has 1 N–H and O–H groups in total. The molecule has 6 nitrogen and oxygen atoms in total. The lowest BCUT2D eigenvalue weighted by Gasteiger charge is -1.99. The van der Waals surface area contributed by atoms with Crippen LogP contribution in [0.3, 0.4) is 0 Å². The van der Waals surface area contributed by atoms with E-state index in [1.54, 1.807) is 0 Å². The molecule has 0 atom stereocenters. The summed E-state index contributed by atoms with van der Waals surface area (Å²) in [5.41, 5.74) is -0.137. The second-order valence-corrected chi connectivity index (χ2v) is 2.79. The third-order valence-electron chi connectivity index (χ3n) is 1.78. The predicted octanol–water partition coefficient (Wildman–Crippen LogP) is 0.791. The first kappa shape index (κ1) is 10.8. The first-order valence-corrected chi connectivity index (χ1v) is 4.01. The third kappa shape index (κ3) is 2.60. The van der Waals surface area contributed by atoms with Crippen LogP contribution in [-0.4, -0.2) is 21.8 Å². The van der Waals surface area contributed by atoms with E-state index in [2.05, 4.69) is 0 Å². The van der Waals surface area contributed by atoms with Crippen molar-refractivity contribution < 1.29 is 19.6 Å². The highest BCUT2D eigenvalue weighted by Crippen LogP contribution is 2.18. The zero-order valence-electron chi connectivity index (χ0n) is 7.54. The number of nitro benzene ring substituents is 1. The highest BCUT2D eigenvalue weighted by molar-refractivity contribution is 6.33. The van der Waals surface area contributed by atoms with Gasteiger partial charge in [-0.15, -0.1) is 0 Å². The molecular formula is C9H7NO5. The first-order valence-electron chi connectivity index (χ1n) is 4.01. The highest BCUT2D eigenvalue weighted by atomic mass is 16.6. The molecule has 1 aromatic rings. The molecule has 0 saturated carbocycles. The van der Waals surface area contributed by atoms with Gasteiger partial charge in [-0.2, -0.15) is 0 Å². The number of para-hydroxylation sites is 1. The first-order chi connectivity index (χ1) is 7.02. The fourth-order valence-electron chi connectivity index (χ4n) is 1.09. The Balaban J connectivity index is 2.99. The summed E-state index contributed by atoms with van der Waals surface area (Å²) in [7, 11) is 0. The van der Waals surface area contributed by atoms with Gasteiger partial charge in [0.25, 0.3) is 5.69 Å². The van der Waals surface area contributed by atoms with E-state index in [0.29, 0.717) is 0 Å². The fraction of sp³-hybridized carbons (Fsp3) is 0.111. The van der Waals surface area contributed by atoms with Crippen LogP contribution in [0.25, 0.3) is 0 Å². The maximum absolute atomic E-state index is 10.9. The minimum atomic E-state index is -1.59. The zero-order valence-corrected chi connectivity index (χ0v) is 7.54. The average molecular weight is 209 g/mol. The number of aliphatic carboxylic acids is 1. The molecule has 0 radical (unpaired) electrons. The lowest BCUT2D eigenvalue weighted by Crippen LogP contribution is -2.15. The topological polar surface area (TPSA) is 97.5 Å². The van der Waals surface area contributed by atoms with Crippen LogP contribution < -0.4 is 0 Å². The number of benzene rings is 1. The van der Waals surface area contributed by atoms with E-state index >= 15 is 0 Å². The summed E-state index contributed by atoms with van der Waals surface area (Å²) < 4.78 is 0. The number of carboxylic acid groups (broad SMARTS) is 1. The van der Waals surface area contributed by atoms with E-state index in [-0.39, 0.29) is 11.3 Å². The van der Waals surface area contributed by atoms with Gasteiger partial charge >= 0.3 is 5.97 Å². The standard InChI is InChI=1S/C9H7NO5/c11-8(9(12)13)5-6-3-1-2-4-7(6)10(14)15/h1-4H,5H2,(H,12,13). The van der Waals surface area contributed by atoms with Gasteiger partial charge in [-0.05, 0) is 0 Å². The van der Waals surface area contributed by atoms with Crippen LogP contribution in [0.1, 0.15) is 5.56 Å². The molecule has 0 heterocycles. The Morgan fingerprint density at radius 2 is 1.93 bits per heavy atom. The summed E-state index contributed by atoms with van der Waals surface area (Å²) >= 11 is 0. The number of ketones is 1. The molecule has 1 aromatic carbocycles. The van der Waals surface area contributed by atoms with E-state index < -0.39 is 23.1 Å². The summed E-state index contributed by atoms with van der Waals surface area (Å²) in [6.07, 6.45) is -0.466. The van der Waals surface area contributed by atoms with E-state index in [4.69, 9.17) is 5.11 Å². The molecule has 15 heavy (non-hydrogen) atoms. The lowest BCUT2D eigenvalue weighted by atomic mass is 10.1. The quantitative estimate of drug-likeness (QED) is 0.449. The number of hydrogen-bond acceptors (Lipinski definition) is 4. The Bertz CT molecular complexity index is 426. The Kier molecular flexibility index (Phi) is 3.12. The second-order valence-electron chi connectivity index (χ2n) is 2.79. The Morgan fingerprint density at radius 1 is 1.33 bits per heavy atom. The molecule has 0 aliphatic carbocycles. The van der Waals surface area contributed by atoms with Crippen molar-refractivity contribution in [1.82, 2.24) is 0 Å². The Labute approximate surface area is 84.3 Å². The Hall–Kier alpha value is -2.24. The number of hydrogen-bond donors (Lipinski definition) is 1. The molecule has 78 valence electrons.